The third-order valence-electron chi connectivity index (χ3n) is 2.42. The molecule has 0 atom stereocenters. The quantitative estimate of drug-likeness (QED) is 0.758. The number of nitrogens with zero attached hydrogens (tertiary/aromatic N) is 3. The molecule has 0 unspecified atom stereocenters. The molecule has 2 aromatic heterocycles. The first kappa shape index (κ1) is 12.0. The van der Waals surface area contributed by atoms with Crippen molar-refractivity contribution in [1.82, 2.24) is 14.7 Å². The van der Waals surface area contributed by atoms with Crippen LogP contribution in [0.4, 0.5) is 0 Å². The van der Waals surface area contributed by atoms with E-state index in [1.165, 1.54) is 11.3 Å². The summed E-state index contributed by atoms with van der Waals surface area (Å²) in [7, 11) is 3.83. The third-order valence-corrected chi connectivity index (χ3v) is 3.33. The lowest BCUT2D eigenvalue weighted by molar-refractivity contribution is 0.0947. The van der Waals surface area contributed by atoms with E-state index in [4.69, 9.17) is 0 Å². The summed E-state index contributed by atoms with van der Waals surface area (Å²) in [4.78, 5) is 14.7. The predicted octanol–water partition coefficient (Wildman–Crippen LogP) is 1.80. The fourth-order valence-electron chi connectivity index (χ4n) is 1.68. The molecule has 0 N–H and O–H groups in total. The van der Waals surface area contributed by atoms with Gasteiger partial charge in [-0.15, -0.1) is 11.3 Å². The van der Waals surface area contributed by atoms with E-state index < -0.39 is 0 Å². The molecule has 5 heteroatoms. The molecule has 0 spiro atoms. The molecule has 17 heavy (non-hydrogen) atoms. The van der Waals surface area contributed by atoms with E-state index in [0.29, 0.717) is 6.54 Å². The Balaban J connectivity index is 1.89. The van der Waals surface area contributed by atoms with Gasteiger partial charge in [0.25, 0.3) is 0 Å². The van der Waals surface area contributed by atoms with Gasteiger partial charge in [0.05, 0.1) is 17.6 Å². The van der Waals surface area contributed by atoms with Gasteiger partial charge < -0.3 is 0 Å². The summed E-state index contributed by atoms with van der Waals surface area (Å²) >= 11 is 1.49. The lowest BCUT2D eigenvalue weighted by Gasteiger charge is -2.13. The molecular weight excluding hydrogens is 234 g/mol. The molecule has 2 aromatic rings. The van der Waals surface area contributed by atoms with E-state index in [1.54, 1.807) is 4.68 Å². The Morgan fingerprint density at radius 1 is 1.59 bits per heavy atom. The van der Waals surface area contributed by atoms with Gasteiger partial charge in [-0.3, -0.25) is 14.4 Å². The van der Waals surface area contributed by atoms with Crippen LogP contribution in [0.25, 0.3) is 0 Å². The molecule has 2 heterocycles. The summed E-state index contributed by atoms with van der Waals surface area (Å²) in [6.45, 7) is 1.18. The zero-order valence-corrected chi connectivity index (χ0v) is 10.8. The van der Waals surface area contributed by atoms with E-state index in [2.05, 4.69) is 5.10 Å². The van der Waals surface area contributed by atoms with Gasteiger partial charge in [0.1, 0.15) is 0 Å². The van der Waals surface area contributed by atoms with Crippen molar-refractivity contribution in [1.29, 1.82) is 0 Å². The SMILES string of the molecule is CN(CC(=O)c1cccs1)Cc1cnn(C)c1. The number of carbonyl (C=O) groups excluding carboxylic acids is 1. The average molecular weight is 249 g/mol. The fourth-order valence-corrected chi connectivity index (χ4v) is 2.34. The molecule has 0 saturated carbocycles. The van der Waals surface area contributed by atoms with Crippen LogP contribution in [0, 0.1) is 0 Å². The van der Waals surface area contributed by atoms with Gasteiger partial charge in [0, 0.05) is 25.4 Å². The van der Waals surface area contributed by atoms with Gasteiger partial charge in [0.15, 0.2) is 5.78 Å². The number of aryl methyl sites for hydroxylation is 1. The summed E-state index contributed by atoms with van der Waals surface area (Å²) in [6.07, 6.45) is 3.79. The first-order chi connectivity index (χ1) is 8.15. The maximum Gasteiger partial charge on any atom is 0.186 e. The predicted molar refractivity (Wildman–Crippen MR) is 68.2 cm³/mol. The van der Waals surface area contributed by atoms with Crippen molar-refractivity contribution in [3.63, 3.8) is 0 Å². The molecule has 4 nitrogen and oxygen atoms in total. The second kappa shape index (κ2) is 5.25. The van der Waals surface area contributed by atoms with Crippen molar-refractivity contribution in [3.8, 4) is 0 Å². The number of hydrogen-bond acceptors (Lipinski definition) is 4. The molecule has 0 bridgehead atoms. The van der Waals surface area contributed by atoms with E-state index in [1.807, 2.05) is 48.9 Å². The van der Waals surface area contributed by atoms with E-state index >= 15 is 0 Å². The number of rotatable bonds is 5. The normalized spacial score (nSPS) is 11.0. The number of likely N-dealkylation sites (N-methyl/N-ethyl adjacent to an activating group) is 1. The lowest BCUT2D eigenvalue weighted by Crippen LogP contribution is -2.25. The van der Waals surface area contributed by atoms with Gasteiger partial charge in [-0.25, -0.2) is 0 Å². The maximum atomic E-state index is 11.9. The summed E-state index contributed by atoms with van der Waals surface area (Å²) in [5, 5.41) is 6.03. The van der Waals surface area contributed by atoms with Crippen LogP contribution in [0.3, 0.4) is 0 Å². The van der Waals surface area contributed by atoms with Crippen LogP contribution in [-0.2, 0) is 13.6 Å². The number of aromatic nitrogens is 2. The number of carbonyl (C=O) groups is 1. The molecule has 0 amide bonds. The number of thiophene rings is 1. The van der Waals surface area contributed by atoms with Crippen molar-refractivity contribution >= 4 is 17.1 Å². The molecule has 0 aliphatic heterocycles. The van der Waals surface area contributed by atoms with Crippen molar-refractivity contribution in [2.45, 2.75) is 6.54 Å². The van der Waals surface area contributed by atoms with Crippen LogP contribution >= 0.6 is 11.3 Å². The van der Waals surface area contributed by atoms with Crippen molar-refractivity contribution in [2.75, 3.05) is 13.6 Å². The highest BCUT2D eigenvalue weighted by Gasteiger charge is 2.10. The molecule has 0 aromatic carbocycles. The number of hydrogen-bond donors (Lipinski definition) is 0. The fraction of sp³-hybridized carbons (Fsp3) is 0.333. The van der Waals surface area contributed by atoms with Crippen LogP contribution in [-0.4, -0.2) is 34.1 Å². The second-order valence-electron chi connectivity index (χ2n) is 4.10. The van der Waals surface area contributed by atoms with Gasteiger partial charge in [-0.2, -0.15) is 5.10 Å². The average Bonchev–Trinajstić information content (AvgIpc) is 2.89. The van der Waals surface area contributed by atoms with E-state index in [0.717, 1.165) is 17.0 Å². The Morgan fingerprint density at radius 3 is 3.00 bits per heavy atom. The Hall–Kier alpha value is -1.46. The highest BCUT2D eigenvalue weighted by Crippen LogP contribution is 2.10. The molecule has 2 rings (SSSR count). The molecular formula is C12H15N3OS. The molecule has 90 valence electrons. The zero-order valence-electron chi connectivity index (χ0n) is 9.96. The highest BCUT2D eigenvalue weighted by atomic mass is 32.1. The summed E-state index contributed by atoms with van der Waals surface area (Å²) < 4.78 is 1.77. The van der Waals surface area contributed by atoms with Crippen molar-refractivity contribution in [3.05, 3.63) is 40.3 Å². The minimum atomic E-state index is 0.173. The van der Waals surface area contributed by atoms with Gasteiger partial charge in [-0.1, -0.05) is 6.07 Å². The molecule has 0 aliphatic carbocycles. The van der Waals surface area contributed by atoms with E-state index in [9.17, 15) is 4.79 Å². The Kier molecular flexibility index (Phi) is 3.71. The Morgan fingerprint density at radius 2 is 2.41 bits per heavy atom. The summed E-state index contributed by atoms with van der Waals surface area (Å²) in [5.41, 5.74) is 1.12. The number of ketones is 1. The maximum absolute atomic E-state index is 11.9. The smallest absolute Gasteiger partial charge is 0.186 e. The van der Waals surface area contributed by atoms with Crippen LogP contribution < -0.4 is 0 Å². The zero-order chi connectivity index (χ0) is 12.3. The van der Waals surface area contributed by atoms with Crippen LogP contribution in [0.15, 0.2) is 29.9 Å². The van der Waals surface area contributed by atoms with Crippen LogP contribution in [0.5, 0.6) is 0 Å². The minimum Gasteiger partial charge on any atom is -0.294 e. The first-order valence-electron chi connectivity index (χ1n) is 5.38. The summed E-state index contributed by atoms with van der Waals surface area (Å²) in [6, 6.07) is 3.77. The molecule has 0 radical (unpaired) electrons. The van der Waals surface area contributed by atoms with Gasteiger partial charge in [0.2, 0.25) is 0 Å². The van der Waals surface area contributed by atoms with Gasteiger partial charge >= 0.3 is 0 Å². The minimum absolute atomic E-state index is 0.173. The van der Waals surface area contributed by atoms with Crippen LogP contribution in [0.2, 0.25) is 0 Å². The summed E-state index contributed by atoms with van der Waals surface area (Å²) in [5.74, 6) is 0.173. The molecule has 0 fully saturated rings. The van der Waals surface area contributed by atoms with Crippen molar-refractivity contribution < 1.29 is 4.79 Å². The molecule has 0 saturated heterocycles. The molecule has 0 aliphatic rings. The second-order valence-corrected chi connectivity index (χ2v) is 5.04. The van der Waals surface area contributed by atoms with Gasteiger partial charge in [-0.05, 0) is 18.5 Å². The third kappa shape index (κ3) is 3.25. The van der Waals surface area contributed by atoms with E-state index in [-0.39, 0.29) is 5.78 Å². The monoisotopic (exact) mass is 249 g/mol. The topological polar surface area (TPSA) is 38.1 Å². The highest BCUT2D eigenvalue weighted by molar-refractivity contribution is 7.12. The largest absolute Gasteiger partial charge is 0.294 e. The standard InChI is InChI=1S/C12H15N3OS/c1-14(7-10-6-13-15(2)8-10)9-11(16)12-4-3-5-17-12/h3-6,8H,7,9H2,1-2H3. The lowest BCUT2D eigenvalue weighted by atomic mass is 10.3. The Labute approximate surface area is 104 Å². The van der Waals surface area contributed by atoms with Crippen molar-refractivity contribution in [2.24, 2.45) is 7.05 Å². The van der Waals surface area contributed by atoms with Crippen LogP contribution in [0.1, 0.15) is 15.2 Å². The Bertz CT molecular complexity index is 490. The first-order valence-corrected chi connectivity index (χ1v) is 6.26. The number of Topliss-reactive ketones (excluding diaryl/α,β-unsaturated/α-hetero) is 1.